The number of aromatic nitrogens is 3. The summed E-state index contributed by atoms with van der Waals surface area (Å²) in [6.07, 6.45) is 1.88. The summed E-state index contributed by atoms with van der Waals surface area (Å²) >= 11 is 0. The summed E-state index contributed by atoms with van der Waals surface area (Å²) in [6.45, 7) is 4.61. The molecule has 0 N–H and O–H groups in total. The van der Waals surface area contributed by atoms with E-state index < -0.39 is 0 Å². The zero-order chi connectivity index (χ0) is 11.8. The van der Waals surface area contributed by atoms with E-state index in [-0.39, 0.29) is 0 Å². The SMILES string of the molecule is Cc1ccc2cnn(Cc3cc(C)on3)c2c1. The number of hydrogen-bond donors (Lipinski definition) is 0. The molecule has 4 nitrogen and oxygen atoms in total. The molecule has 0 amide bonds. The molecule has 0 spiro atoms. The molecule has 2 heterocycles. The summed E-state index contributed by atoms with van der Waals surface area (Å²) in [5, 5.41) is 9.51. The average Bonchev–Trinajstić information content (AvgIpc) is 2.87. The molecule has 4 heteroatoms. The van der Waals surface area contributed by atoms with Gasteiger partial charge in [-0.05, 0) is 25.5 Å². The normalized spacial score (nSPS) is 11.2. The van der Waals surface area contributed by atoms with E-state index >= 15 is 0 Å². The van der Waals surface area contributed by atoms with Gasteiger partial charge in [0.1, 0.15) is 11.5 Å². The van der Waals surface area contributed by atoms with E-state index in [1.807, 2.05) is 23.9 Å². The van der Waals surface area contributed by atoms with E-state index in [4.69, 9.17) is 4.52 Å². The number of nitrogens with zero attached hydrogens (tertiary/aromatic N) is 3. The van der Waals surface area contributed by atoms with Crippen molar-refractivity contribution in [3.63, 3.8) is 0 Å². The van der Waals surface area contributed by atoms with Gasteiger partial charge < -0.3 is 4.52 Å². The van der Waals surface area contributed by atoms with Crippen LogP contribution in [0, 0.1) is 13.8 Å². The molecule has 0 aliphatic carbocycles. The molecule has 0 aliphatic rings. The van der Waals surface area contributed by atoms with Gasteiger partial charge >= 0.3 is 0 Å². The third-order valence-corrected chi connectivity index (χ3v) is 2.79. The third kappa shape index (κ3) is 1.82. The van der Waals surface area contributed by atoms with Gasteiger partial charge in [0.05, 0.1) is 18.3 Å². The van der Waals surface area contributed by atoms with Gasteiger partial charge in [-0.2, -0.15) is 5.10 Å². The summed E-state index contributed by atoms with van der Waals surface area (Å²) in [7, 11) is 0. The molecule has 0 bridgehead atoms. The Morgan fingerprint density at radius 2 is 2.12 bits per heavy atom. The Kier molecular flexibility index (Phi) is 2.21. The van der Waals surface area contributed by atoms with E-state index in [1.165, 1.54) is 5.56 Å². The van der Waals surface area contributed by atoms with Crippen LogP contribution in [0.2, 0.25) is 0 Å². The van der Waals surface area contributed by atoms with E-state index in [0.29, 0.717) is 6.54 Å². The topological polar surface area (TPSA) is 43.9 Å². The molecule has 0 radical (unpaired) electrons. The van der Waals surface area contributed by atoms with Crippen molar-refractivity contribution < 1.29 is 4.52 Å². The molecule has 2 aromatic heterocycles. The second-order valence-electron chi connectivity index (χ2n) is 4.29. The van der Waals surface area contributed by atoms with Crippen molar-refractivity contribution in [1.29, 1.82) is 0 Å². The second-order valence-corrected chi connectivity index (χ2v) is 4.29. The van der Waals surface area contributed by atoms with Crippen LogP contribution in [0.5, 0.6) is 0 Å². The second kappa shape index (κ2) is 3.73. The van der Waals surface area contributed by atoms with Crippen molar-refractivity contribution in [1.82, 2.24) is 14.9 Å². The zero-order valence-electron chi connectivity index (χ0n) is 9.84. The third-order valence-electron chi connectivity index (χ3n) is 2.79. The minimum absolute atomic E-state index is 0.643. The highest BCUT2D eigenvalue weighted by atomic mass is 16.5. The molecule has 3 aromatic rings. The van der Waals surface area contributed by atoms with Gasteiger partial charge in [0.25, 0.3) is 0 Å². The van der Waals surface area contributed by atoms with Gasteiger partial charge in [0.2, 0.25) is 0 Å². The Hall–Kier alpha value is -2.10. The van der Waals surface area contributed by atoms with Crippen LogP contribution in [0.15, 0.2) is 35.0 Å². The molecule has 0 aliphatic heterocycles. The molecule has 17 heavy (non-hydrogen) atoms. The van der Waals surface area contributed by atoms with Gasteiger partial charge in [-0.25, -0.2) is 0 Å². The van der Waals surface area contributed by atoms with Crippen molar-refractivity contribution in [2.45, 2.75) is 20.4 Å². The molecule has 0 atom stereocenters. The van der Waals surface area contributed by atoms with Crippen LogP contribution >= 0.6 is 0 Å². The number of rotatable bonds is 2. The van der Waals surface area contributed by atoms with Crippen LogP contribution in [-0.2, 0) is 6.54 Å². The maximum atomic E-state index is 5.06. The fourth-order valence-corrected chi connectivity index (χ4v) is 1.95. The Bertz CT molecular complexity index is 666. The zero-order valence-corrected chi connectivity index (χ0v) is 9.84. The quantitative estimate of drug-likeness (QED) is 0.676. The van der Waals surface area contributed by atoms with Crippen molar-refractivity contribution in [2.24, 2.45) is 0 Å². The molecule has 0 saturated carbocycles. The van der Waals surface area contributed by atoms with E-state index in [9.17, 15) is 0 Å². The van der Waals surface area contributed by atoms with Gasteiger partial charge in [0, 0.05) is 11.5 Å². The largest absolute Gasteiger partial charge is 0.361 e. The van der Waals surface area contributed by atoms with E-state index in [1.54, 1.807) is 0 Å². The van der Waals surface area contributed by atoms with Crippen molar-refractivity contribution in [3.05, 3.63) is 47.5 Å². The summed E-state index contributed by atoms with van der Waals surface area (Å²) < 4.78 is 7.00. The van der Waals surface area contributed by atoms with Gasteiger partial charge in [0.15, 0.2) is 0 Å². The summed E-state index contributed by atoms with van der Waals surface area (Å²) in [5.74, 6) is 0.827. The minimum Gasteiger partial charge on any atom is -0.361 e. The van der Waals surface area contributed by atoms with Gasteiger partial charge in [-0.15, -0.1) is 0 Å². The molecule has 86 valence electrons. The van der Waals surface area contributed by atoms with Crippen LogP contribution in [-0.4, -0.2) is 14.9 Å². The van der Waals surface area contributed by atoms with Crippen LogP contribution in [0.1, 0.15) is 17.0 Å². The van der Waals surface area contributed by atoms with Gasteiger partial charge in [-0.1, -0.05) is 17.3 Å². The first-order chi connectivity index (χ1) is 8.22. The molecule has 3 rings (SSSR count). The van der Waals surface area contributed by atoms with Crippen LogP contribution in [0.3, 0.4) is 0 Å². The average molecular weight is 227 g/mol. The van der Waals surface area contributed by atoms with Crippen molar-refractivity contribution >= 4 is 10.9 Å². The van der Waals surface area contributed by atoms with Crippen molar-refractivity contribution in [3.8, 4) is 0 Å². The van der Waals surface area contributed by atoms with Crippen molar-refractivity contribution in [2.75, 3.05) is 0 Å². The number of fused-ring (bicyclic) bond motifs is 1. The highest BCUT2D eigenvalue weighted by Crippen LogP contribution is 2.16. The fourth-order valence-electron chi connectivity index (χ4n) is 1.95. The highest BCUT2D eigenvalue weighted by Gasteiger charge is 2.06. The summed E-state index contributed by atoms with van der Waals surface area (Å²) in [5.41, 5.74) is 3.26. The number of aryl methyl sites for hydroxylation is 2. The van der Waals surface area contributed by atoms with E-state index in [2.05, 4.69) is 35.4 Å². The van der Waals surface area contributed by atoms with Crippen LogP contribution in [0.4, 0.5) is 0 Å². The lowest BCUT2D eigenvalue weighted by molar-refractivity contribution is 0.388. The summed E-state index contributed by atoms with van der Waals surface area (Å²) in [6, 6.07) is 8.25. The predicted molar refractivity (Wildman–Crippen MR) is 64.8 cm³/mol. The molecular weight excluding hydrogens is 214 g/mol. The number of benzene rings is 1. The Labute approximate surface area is 98.8 Å². The standard InChI is InChI=1S/C13H13N3O/c1-9-3-4-11-7-14-16(13(11)5-9)8-12-6-10(2)17-15-12/h3-7H,8H2,1-2H3. The fraction of sp³-hybridized carbons (Fsp3) is 0.231. The summed E-state index contributed by atoms with van der Waals surface area (Å²) in [4.78, 5) is 0. The Balaban J connectivity index is 2.03. The lowest BCUT2D eigenvalue weighted by Gasteiger charge is -2.00. The first-order valence-corrected chi connectivity index (χ1v) is 5.57. The van der Waals surface area contributed by atoms with Crippen LogP contribution in [0.25, 0.3) is 10.9 Å². The molecule has 0 fully saturated rings. The number of hydrogen-bond acceptors (Lipinski definition) is 3. The Morgan fingerprint density at radius 3 is 2.88 bits per heavy atom. The first kappa shape index (κ1) is 10.1. The lowest BCUT2D eigenvalue weighted by Crippen LogP contribution is -2.01. The van der Waals surface area contributed by atoms with Gasteiger partial charge in [-0.3, -0.25) is 4.68 Å². The lowest BCUT2D eigenvalue weighted by atomic mass is 10.2. The minimum atomic E-state index is 0.643. The molecule has 1 aromatic carbocycles. The maximum Gasteiger partial charge on any atom is 0.133 e. The molecule has 0 unspecified atom stereocenters. The molecular formula is C13H13N3O. The van der Waals surface area contributed by atoms with Crippen LogP contribution < -0.4 is 0 Å². The monoisotopic (exact) mass is 227 g/mol. The van der Waals surface area contributed by atoms with E-state index in [0.717, 1.165) is 22.4 Å². The Morgan fingerprint density at radius 1 is 1.24 bits per heavy atom. The highest BCUT2D eigenvalue weighted by molar-refractivity contribution is 5.79. The smallest absolute Gasteiger partial charge is 0.133 e. The first-order valence-electron chi connectivity index (χ1n) is 5.57. The predicted octanol–water partition coefficient (Wildman–Crippen LogP) is 2.69. The molecule has 0 saturated heterocycles. The maximum absolute atomic E-state index is 5.06.